The number of benzene rings is 6. The topological polar surface area (TPSA) is 81.2 Å². The third-order valence-electron chi connectivity index (χ3n) is 9.56. The number of nitriles is 3. The van der Waals surface area contributed by atoms with E-state index >= 15 is 0 Å². The van der Waals surface area contributed by atoms with Crippen LogP contribution in [0.25, 0.3) is 72.4 Å². The van der Waals surface area contributed by atoms with Crippen molar-refractivity contribution in [2.24, 2.45) is 0 Å². The first-order chi connectivity index (χ1) is 24.6. The summed E-state index contributed by atoms with van der Waals surface area (Å²) in [5.74, 6) is 0. The molecule has 0 saturated carbocycles. The van der Waals surface area contributed by atoms with Gasteiger partial charge in [0.25, 0.3) is 0 Å². The summed E-state index contributed by atoms with van der Waals surface area (Å²) in [5.41, 5.74) is 12.2. The predicted octanol–water partition coefficient (Wildman–Crippen LogP) is 11.0. The van der Waals surface area contributed by atoms with Gasteiger partial charge in [0.1, 0.15) is 6.07 Å². The fourth-order valence-corrected chi connectivity index (χ4v) is 7.32. The average molecular weight is 640 g/mol. The molecule has 0 unspecified atom stereocenters. The third-order valence-corrected chi connectivity index (χ3v) is 9.56. The van der Waals surface area contributed by atoms with Gasteiger partial charge in [-0.3, -0.25) is 0 Å². The zero-order chi connectivity index (χ0) is 34.4. The van der Waals surface area contributed by atoms with Crippen molar-refractivity contribution in [3.63, 3.8) is 0 Å². The predicted molar refractivity (Wildman–Crippen MR) is 202 cm³/mol. The van der Waals surface area contributed by atoms with E-state index in [0.29, 0.717) is 27.9 Å². The van der Waals surface area contributed by atoms with Crippen molar-refractivity contribution >= 4 is 38.8 Å². The van der Waals surface area contributed by atoms with Crippen LogP contribution in [0.15, 0.2) is 133 Å². The smallest absolute Gasteiger partial charge is 0.101 e. The van der Waals surface area contributed by atoms with Crippen molar-refractivity contribution in [2.75, 3.05) is 0 Å². The maximum atomic E-state index is 10.4. The zero-order valence-corrected chi connectivity index (χ0v) is 27.5. The molecule has 0 N–H and O–H groups in total. The average Bonchev–Trinajstić information content (AvgIpc) is 3.65. The van der Waals surface area contributed by atoms with Crippen LogP contribution in [0.2, 0.25) is 0 Å². The van der Waals surface area contributed by atoms with Gasteiger partial charge < -0.3 is 9.13 Å². The molecule has 0 amide bonds. The number of para-hydroxylation sites is 3. The molecule has 0 bridgehead atoms. The summed E-state index contributed by atoms with van der Waals surface area (Å²) in [6.45, 7) is 4.05. The Bertz CT molecular complexity index is 2810. The molecule has 0 spiro atoms. The van der Waals surface area contributed by atoms with Crippen LogP contribution in [-0.4, -0.2) is 9.13 Å². The molecule has 0 radical (unpaired) electrons. The molecule has 0 aliphatic rings. The van der Waals surface area contributed by atoms with Gasteiger partial charge in [0, 0.05) is 38.5 Å². The second kappa shape index (κ2) is 12.1. The zero-order valence-electron chi connectivity index (χ0n) is 27.5. The van der Waals surface area contributed by atoms with E-state index in [0.717, 1.165) is 66.3 Å². The molecular weight excluding hydrogens is 611 g/mol. The first-order valence-corrected chi connectivity index (χ1v) is 16.4. The number of aromatic nitrogens is 2. The SMILES string of the molecule is C/C=C\c1c(C)n(-c2cc(C#N)c(-c3ccc(-c4ccccc4-n4c5ccccc5c5cc(C#N)ccc54)cc3)cc2C#N)c2ccccc12. The largest absolute Gasteiger partial charge is 0.312 e. The summed E-state index contributed by atoms with van der Waals surface area (Å²) in [6.07, 6.45) is 4.11. The van der Waals surface area contributed by atoms with Crippen LogP contribution >= 0.6 is 0 Å². The Morgan fingerprint density at radius 3 is 1.84 bits per heavy atom. The Balaban J connectivity index is 1.25. The normalized spacial score (nSPS) is 11.3. The summed E-state index contributed by atoms with van der Waals surface area (Å²) in [7, 11) is 0. The van der Waals surface area contributed by atoms with Gasteiger partial charge in [-0.05, 0) is 73.5 Å². The fourth-order valence-electron chi connectivity index (χ4n) is 7.32. The Kier molecular flexibility index (Phi) is 7.34. The number of hydrogen-bond acceptors (Lipinski definition) is 3. The van der Waals surface area contributed by atoms with Crippen molar-refractivity contribution < 1.29 is 0 Å². The van der Waals surface area contributed by atoms with Crippen LogP contribution in [0.1, 0.15) is 34.9 Å². The number of rotatable bonds is 5. The van der Waals surface area contributed by atoms with Gasteiger partial charge in [-0.2, -0.15) is 15.8 Å². The van der Waals surface area contributed by atoms with Crippen molar-refractivity contribution in [1.29, 1.82) is 15.8 Å². The maximum absolute atomic E-state index is 10.4. The fraction of sp³-hybridized carbons (Fsp3) is 0.0444. The molecule has 5 heteroatoms. The molecule has 0 aliphatic heterocycles. The minimum absolute atomic E-state index is 0.496. The standard InChI is InChI=1S/C45H29N5/c1-3-10-35-29(2)49(42-15-8-5-12-37(35)42)45-25-33(27-47)39(24-34(45)28-48)32-20-18-31(19-21-32)36-11-4-7-14-41(36)50-43-16-9-6-13-38(43)40-23-30(26-46)17-22-44(40)50/h3-25H,1-2H3/b10-3-. The Labute approximate surface area is 290 Å². The minimum atomic E-state index is 0.496. The van der Waals surface area contributed by atoms with Crippen LogP contribution in [0, 0.1) is 40.9 Å². The molecule has 0 atom stereocenters. The summed E-state index contributed by atoms with van der Waals surface area (Å²) < 4.78 is 4.35. The Morgan fingerprint density at radius 2 is 1.14 bits per heavy atom. The van der Waals surface area contributed by atoms with Crippen LogP contribution in [0.5, 0.6) is 0 Å². The molecular formula is C45H29N5. The summed E-state index contributed by atoms with van der Waals surface area (Å²) in [4.78, 5) is 0. The highest BCUT2D eigenvalue weighted by Gasteiger charge is 2.20. The van der Waals surface area contributed by atoms with Gasteiger partial charge in [-0.1, -0.05) is 91.0 Å². The van der Waals surface area contributed by atoms with Crippen LogP contribution in [-0.2, 0) is 0 Å². The second-order valence-electron chi connectivity index (χ2n) is 12.3. The lowest BCUT2D eigenvalue weighted by Crippen LogP contribution is -2.02. The first-order valence-electron chi connectivity index (χ1n) is 16.4. The van der Waals surface area contributed by atoms with E-state index in [1.54, 1.807) is 0 Å². The number of hydrogen-bond donors (Lipinski definition) is 0. The van der Waals surface area contributed by atoms with Gasteiger partial charge in [-0.25, -0.2) is 0 Å². The molecule has 0 saturated heterocycles. The molecule has 6 aromatic carbocycles. The third kappa shape index (κ3) is 4.68. The van der Waals surface area contributed by atoms with E-state index in [1.165, 1.54) is 0 Å². The molecule has 0 fully saturated rings. The molecule has 50 heavy (non-hydrogen) atoms. The van der Waals surface area contributed by atoms with E-state index in [-0.39, 0.29) is 0 Å². The lowest BCUT2D eigenvalue weighted by molar-refractivity contribution is 1.04. The Hall–Kier alpha value is -7.13. The molecule has 2 aromatic heterocycles. The molecule has 0 aliphatic carbocycles. The van der Waals surface area contributed by atoms with Gasteiger partial charge in [-0.15, -0.1) is 0 Å². The van der Waals surface area contributed by atoms with Crippen molar-refractivity contribution in [3.8, 4) is 51.8 Å². The van der Waals surface area contributed by atoms with Gasteiger partial charge in [0.05, 0.1) is 56.8 Å². The van der Waals surface area contributed by atoms with Crippen LogP contribution < -0.4 is 0 Å². The van der Waals surface area contributed by atoms with E-state index in [9.17, 15) is 15.8 Å². The minimum Gasteiger partial charge on any atom is -0.312 e. The van der Waals surface area contributed by atoms with Crippen molar-refractivity contribution in [3.05, 3.63) is 161 Å². The maximum Gasteiger partial charge on any atom is 0.101 e. The van der Waals surface area contributed by atoms with Gasteiger partial charge >= 0.3 is 0 Å². The number of nitrogens with zero attached hydrogens (tertiary/aromatic N) is 5. The van der Waals surface area contributed by atoms with Gasteiger partial charge in [0.15, 0.2) is 0 Å². The molecule has 5 nitrogen and oxygen atoms in total. The quantitative estimate of drug-likeness (QED) is 0.188. The van der Waals surface area contributed by atoms with Gasteiger partial charge in [0.2, 0.25) is 0 Å². The molecule has 8 aromatic rings. The summed E-state index contributed by atoms with van der Waals surface area (Å²) >= 11 is 0. The highest BCUT2D eigenvalue weighted by molar-refractivity contribution is 6.10. The van der Waals surface area contributed by atoms with E-state index < -0.39 is 0 Å². The number of fused-ring (bicyclic) bond motifs is 4. The second-order valence-corrected chi connectivity index (χ2v) is 12.3. The highest BCUT2D eigenvalue weighted by atomic mass is 15.0. The van der Waals surface area contributed by atoms with Crippen LogP contribution in [0.4, 0.5) is 0 Å². The van der Waals surface area contributed by atoms with Crippen LogP contribution in [0.3, 0.4) is 0 Å². The first kappa shape index (κ1) is 30.2. The highest BCUT2D eigenvalue weighted by Crippen LogP contribution is 2.38. The molecule has 2 heterocycles. The molecule has 234 valence electrons. The van der Waals surface area contributed by atoms with Crippen molar-refractivity contribution in [2.45, 2.75) is 13.8 Å². The molecule has 8 rings (SSSR count). The van der Waals surface area contributed by atoms with E-state index in [4.69, 9.17) is 0 Å². The lowest BCUT2D eigenvalue weighted by Gasteiger charge is -2.16. The number of allylic oxidation sites excluding steroid dienone is 1. The Morgan fingerprint density at radius 1 is 0.520 bits per heavy atom. The summed E-state index contributed by atoms with van der Waals surface area (Å²) in [5, 5.41) is 33.6. The van der Waals surface area contributed by atoms with E-state index in [2.05, 4.69) is 88.9 Å². The monoisotopic (exact) mass is 639 g/mol. The van der Waals surface area contributed by atoms with Crippen molar-refractivity contribution in [1.82, 2.24) is 9.13 Å². The lowest BCUT2D eigenvalue weighted by atomic mass is 9.94. The van der Waals surface area contributed by atoms with E-state index in [1.807, 2.05) is 91.9 Å². The summed E-state index contributed by atoms with van der Waals surface area (Å²) in [6, 6.07) is 49.6.